The predicted molar refractivity (Wildman–Crippen MR) is 60.4 cm³/mol. The number of carbonyl (C=O) groups is 2. The highest BCUT2D eigenvalue weighted by Crippen LogP contribution is 2.22. The van der Waals surface area contributed by atoms with Gasteiger partial charge in [0.1, 0.15) is 0 Å². The average molecular weight is 223 g/mol. The molecular weight excluding hydrogens is 210 g/mol. The summed E-state index contributed by atoms with van der Waals surface area (Å²) in [6.07, 6.45) is 0. The monoisotopic (exact) mass is 223 g/mol. The van der Waals surface area contributed by atoms with Crippen molar-refractivity contribution in [3.63, 3.8) is 0 Å². The van der Waals surface area contributed by atoms with Crippen molar-refractivity contribution in [3.05, 3.63) is 23.8 Å². The minimum Gasteiger partial charge on any atom is -0.478 e. The van der Waals surface area contributed by atoms with E-state index in [0.29, 0.717) is 5.69 Å². The number of nitrogens with one attached hydrogen (secondary N) is 2. The Balaban J connectivity index is 2.85. The number of amides is 1. The predicted octanol–water partition coefficient (Wildman–Crippen LogP) is 0.125. The number of likely N-dealkylation sites (N-methyl/N-ethyl adjacent to an activating group) is 1. The van der Waals surface area contributed by atoms with Gasteiger partial charge in [-0.15, -0.1) is 0 Å². The largest absolute Gasteiger partial charge is 0.478 e. The van der Waals surface area contributed by atoms with E-state index < -0.39 is 5.97 Å². The van der Waals surface area contributed by atoms with Crippen LogP contribution in [-0.2, 0) is 4.79 Å². The van der Waals surface area contributed by atoms with Gasteiger partial charge in [-0.1, -0.05) is 6.07 Å². The van der Waals surface area contributed by atoms with Gasteiger partial charge in [-0.05, 0) is 12.1 Å². The van der Waals surface area contributed by atoms with Gasteiger partial charge in [0.2, 0.25) is 5.91 Å². The summed E-state index contributed by atoms with van der Waals surface area (Å²) in [7, 11) is 1.51. The standard InChI is InChI=1S/C10H13N3O3/c1-12-8(14)5-13-7-4-2-3-6(9(7)11)10(15)16/h2-4,13H,5,11H2,1H3,(H,12,14)(H,15,16). The molecule has 0 fully saturated rings. The van der Waals surface area contributed by atoms with Crippen LogP contribution in [0.4, 0.5) is 11.4 Å². The second kappa shape index (κ2) is 5.01. The zero-order chi connectivity index (χ0) is 12.1. The van der Waals surface area contributed by atoms with Crippen LogP contribution in [-0.4, -0.2) is 30.6 Å². The first-order valence-corrected chi connectivity index (χ1v) is 4.62. The number of benzene rings is 1. The van der Waals surface area contributed by atoms with Crippen LogP contribution in [0, 0.1) is 0 Å². The molecule has 86 valence electrons. The molecule has 0 aromatic heterocycles. The number of hydrogen-bond donors (Lipinski definition) is 4. The topological polar surface area (TPSA) is 104 Å². The Hall–Kier alpha value is -2.24. The molecule has 0 aliphatic carbocycles. The number of aromatic carboxylic acids is 1. The van der Waals surface area contributed by atoms with E-state index in [2.05, 4.69) is 10.6 Å². The molecule has 6 nitrogen and oxygen atoms in total. The normalized spacial score (nSPS) is 9.56. The molecule has 6 heteroatoms. The van der Waals surface area contributed by atoms with Crippen molar-refractivity contribution >= 4 is 23.3 Å². The van der Waals surface area contributed by atoms with Crippen LogP contribution < -0.4 is 16.4 Å². The van der Waals surface area contributed by atoms with E-state index >= 15 is 0 Å². The lowest BCUT2D eigenvalue weighted by atomic mass is 10.1. The first kappa shape index (κ1) is 11.8. The lowest BCUT2D eigenvalue weighted by molar-refractivity contribution is -0.118. The minimum atomic E-state index is -1.10. The molecular formula is C10H13N3O3. The Kier molecular flexibility index (Phi) is 3.71. The number of para-hydroxylation sites is 1. The second-order valence-corrected chi connectivity index (χ2v) is 3.10. The zero-order valence-electron chi connectivity index (χ0n) is 8.78. The second-order valence-electron chi connectivity index (χ2n) is 3.10. The molecule has 16 heavy (non-hydrogen) atoms. The summed E-state index contributed by atoms with van der Waals surface area (Å²) in [4.78, 5) is 21.8. The summed E-state index contributed by atoms with van der Waals surface area (Å²) >= 11 is 0. The molecule has 0 spiro atoms. The zero-order valence-corrected chi connectivity index (χ0v) is 8.78. The smallest absolute Gasteiger partial charge is 0.337 e. The summed E-state index contributed by atoms with van der Waals surface area (Å²) in [6, 6.07) is 4.58. The molecule has 0 unspecified atom stereocenters. The van der Waals surface area contributed by atoms with E-state index in [0.717, 1.165) is 0 Å². The van der Waals surface area contributed by atoms with Gasteiger partial charge >= 0.3 is 5.97 Å². The Morgan fingerprint density at radius 2 is 2.12 bits per heavy atom. The Morgan fingerprint density at radius 3 is 2.69 bits per heavy atom. The van der Waals surface area contributed by atoms with E-state index in [1.165, 1.54) is 13.1 Å². The first-order valence-electron chi connectivity index (χ1n) is 4.62. The van der Waals surface area contributed by atoms with Crippen LogP contribution in [0.2, 0.25) is 0 Å². The Bertz CT molecular complexity index is 418. The molecule has 1 amide bonds. The van der Waals surface area contributed by atoms with Crippen LogP contribution in [0.3, 0.4) is 0 Å². The third-order valence-electron chi connectivity index (χ3n) is 2.05. The molecule has 0 saturated heterocycles. The lowest BCUT2D eigenvalue weighted by Gasteiger charge is -2.10. The summed E-state index contributed by atoms with van der Waals surface area (Å²) in [5, 5.41) is 14.0. The number of carboxylic acid groups (broad SMARTS) is 1. The molecule has 1 aromatic carbocycles. The van der Waals surface area contributed by atoms with E-state index in [4.69, 9.17) is 10.8 Å². The van der Waals surface area contributed by atoms with Gasteiger partial charge < -0.3 is 21.5 Å². The van der Waals surface area contributed by atoms with E-state index in [-0.39, 0.29) is 23.7 Å². The SMILES string of the molecule is CNC(=O)CNc1cccc(C(=O)O)c1N. The summed E-state index contributed by atoms with van der Waals surface area (Å²) in [5.74, 6) is -1.30. The van der Waals surface area contributed by atoms with Crippen LogP contribution in [0.15, 0.2) is 18.2 Å². The molecule has 0 aliphatic heterocycles. The van der Waals surface area contributed by atoms with Gasteiger partial charge in [0, 0.05) is 7.05 Å². The van der Waals surface area contributed by atoms with Crippen LogP contribution in [0.5, 0.6) is 0 Å². The maximum absolute atomic E-state index is 11.0. The highest BCUT2D eigenvalue weighted by Gasteiger charge is 2.11. The molecule has 0 radical (unpaired) electrons. The molecule has 0 atom stereocenters. The van der Waals surface area contributed by atoms with Gasteiger partial charge in [0.05, 0.1) is 23.5 Å². The van der Waals surface area contributed by atoms with Gasteiger partial charge in [-0.2, -0.15) is 0 Å². The van der Waals surface area contributed by atoms with Crippen molar-refractivity contribution in [2.75, 3.05) is 24.6 Å². The van der Waals surface area contributed by atoms with Gasteiger partial charge in [-0.3, -0.25) is 4.79 Å². The van der Waals surface area contributed by atoms with Gasteiger partial charge in [0.25, 0.3) is 0 Å². The average Bonchev–Trinajstić information content (AvgIpc) is 2.26. The van der Waals surface area contributed by atoms with E-state index in [1.54, 1.807) is 12.1 Å². The number of hydrogen-bond acceptors (Lipinski definition) is 4. The van der Waals surface area contributed by atoms with Crippen molar-refractivity contribution in [1.29, 1.82) is 0 Å². The van der Waals surface area contributed by atoms with Crippen molar-refractivity contribution in [1.82, 2.24) is 5.32 Å². The molecule has 0 saturated carbocycles. The third kappa shape index (κ3) is 2.63. The van der Waals surface area contributed by atoms with E-state index in [1.807, 2.05) is 0 Å². The maximum Gasteiger partial charge on any atom is 0.337 e. The fraction of sp³-hybridized carbons (Fsp3) is 0.200. The van der Waals surface area contributed by atoms with Crippen molar-refractivity contribution in [3.8, 4) is 0 Å². The van der Waals surface area contributed by atoms with E-state index in [9.17, 15) is 9.59 Å². The third-order valence-corrected chi connectivity index (χ3v) is 2.05. The molecule has 0 bridgehead atoms. The number of nitrogens with two attached hydrogens (primary N) is 1. The maximum atomic E-state index is 11.0. The van der Waals surface area contributed by atoms with Gasteiger partial charge in [0.15, 0.2) is 0 Å². The van der Waals surface area contributed by atoms with Crippen LogP contribution in [0.25, 0.3) is 0 Å². The fourth-order valence-corrected chi connectivity index (χ4v) is 1.17. The lowest BCUT2D eigenvalue weighted by Crippen LogP contribution is -2.26. The number of carboxylic acids is 1. The molecule has 1 aromatic rings. The Morgan fingerprint density at radius 1 is 1.44 bits per heavy atom. The highest BCUT2D eigenvalue weighted by molar-refractivity contribution is 5.97. The molecule has 1 rings (SSSR count). The van der Waals surface area contributed by atoms with Crippen LogP contribution in [0.1, 0.15) is 10.4 Å². The molecule has 5 N–H and O–H groups in total. The van der Waals surface area contributed by atoms with Crippen molar-refractivity contribution < 1.29 is 14.7 Å². The van der Waals surface area contributed by atoms with Crippen molar-refractivity contribution in [2.45, 2.75) is 0 Å². The number of anilines is 2. The quantitative estimate of drug-likeness (QED) is 0.543. The van der Waals surface area contributed by atoms with Crippen LogP contribution >= 0.6 is 0 Å². The summed E-state index contributed by atoms with van der Waals surface area (Å²) < 4.78 is 0. The number of carbonyl (C=O) groups excluding carboxylic acids is 1. The highest BCUT2D eigenvalue weighted by atomic mass is 16.4. The van der Waals surface area contributed by atoms with Crippen molar-refractivity contribution in [2.24, 2.45) is 0 Å². The fourth-order valence-electron chi connectivity index (χ4n) is 1.17. The first-order chi connectivity index (χ1) is 7.56. The summed E-state index contributed by atoms with van der Waals surface area (Å²) in [5.41, 5.74) is 6.21. The molecule has 0 heterocycles. The summed E-state index contributed by atoms with van der Waals surface area (Å²) in [6.45, 7) is 0.0454. The number of nitrogen functional groups attached to an aromatic ring is 1. The Labute approximate surface area is 92.4 Å². The number of rotatable bonds is 4. The minimum absolute atomic E-state index is 0.0157. The molecule has 0 aliphatic rings. The van der Waals surface area contributed by atoms with Gasteiger partial charge in [-0.25, -0.2) is 4.79 Å².